The molecule has 2 unspecified atom stereocenters. The number of hydrogen-bond donors (Lipinski definition) is 1. The monoisotopic (exact) mass is 295 g/mol. The first-order chi connectivity index (χ1) is 9.98. The zero-order chi connectivity index (χ0) is 15.5. The van der Waals surface area contributed by atoms with Gasteiger partial charge in [0.25, 0.3) is 0 Å². The quantitative estimate of drug-likeness (QED) is 0.791. The fourth-order valence-corrected chi connectivity index (χ4v) is 4.38. The van der Waals surface area contributed by atoms with Gasteiger partial charge in [-0.25, -0.2) is 0 Å². The number of likely N-dealkylation sites (tertiary alicyclic amines) is 1. The summed E-state index contributed by atoms with van der Waals surface area (Å²) in [5.74, 6) is 1.13. The van der Waals surface area contributed by atoms with Crippen LogP contribution in [0.4, 0.5) is 0 Å². The first-order valence-electron chi connectivity index (χ1n) is 8.96. The lowest BCUT2D eigenvalue weighted by Gasteiger charge is -2.42. The van der Waals surface area contributed by atoms with Crippen LogP contribution in [0.1, 0.15) is 72.1 Å². The molecule has 0 aromatic carbocycles. The largest absolute Gasteiger partial charge is 0.481 e. The molecule has 1 heterocycles. The van der Waals surface area contributed by atoms with Crippen LogP contribution in [-0.4, -0.2) is 35.1 Å². The molecule has 1 aliphatic heterocycles. The number of piperidine rings is 1. The highest BCUT2D eigenvalue weighted by molar-refractivity contribution is 5.74. The van der Waals surface area contributed by atoms with E-state index in [2.05, 4.69) is 18.7 Å². The van der Waals surface area contributed by atoms with E-state index in [1.54, 1.807) is 0 Å². The number of carboxylic acids is 1. The highest BCUT2D eigenvalue weighted by Crippen LogP contribution is 2.38. The van der Waals surface area contributed by atoms with E-state index >= 15 is 0 Å². The van der Waals surface area contributed by atoms with Gasteiger partial charge >= 0.3 is 5.97 Å². The van der Waals surface area contributed by atoms with Crippen LogP contribution >= 0.6 is 0 Å². The lowest BCUT2D eigenvalue weighted by Crippen LogP contribution is -2.47. The summed E-state index contributed by atoms with van der Waals surface area (Å²) in [7, 11) is 0. The van der Waals surface area contributed by atoms with Gasteiger partial charge in [0.2, 0.25) is 0 Å². The van der Waals surface area contributed by atoms with Gasteiger partial charge in [-0.05, 0) is 63.5 Å². The molecular formula is C18H33NO2. The summed E-state index contributed by atoms with van der Waals surface area (Å²) in [5, 5.41) is 9.51. The molecule has 1 N–H and O–H groups in total. The minimum absolute atomic E-state index is 0.443. The third kappa shape index (κ3) is 3.80. The fraction of sp³-hybridized carbons (Fsp3) is 0.944. The van der Waals surface area contributed by atoms with Gasteiger partial charge in [-0.15, -0.1) is 0 Å². The van der Waals surface area contributed by atoms with Crippen molar-refractivity contribution in [1.29, 1.82) is 0 Å². The molecule has 21 heavy (non-hydrogen) atoms. The SMILES string of the molecule is CCC1(C(=O)O)CCN(C2CCCC(C(C)C)CC2)CC1. The number of carbonyl (C=O) groups is 1. The van der Waals surface area contributed by atoms with Crippen molar-refractivity contribution in [3.8, 4) is 0 Å². The maximum atomic E-state index is 11.5. The smallest absolute Gasteiger partial charge is 0.309 e. The molecule has 0 spiro atoms. The van der Waals surface area contributed by atoms with E-state index in [0.717, 1.165) is 44.2 Å². The van der Waals surface area contributed by atoms with Crippen LogP contribution < -0.4 is 0 Å². The van der Waals surface area contributed by atoms with E-state index in [-0.39, 0.29) is 0 Å². The number of aliphatic carboxylic acids is 1. The minimum atomic E-state index is -0.578. The summed E-state index contributed by atoms with van der Waals surface area (Å²) in [6, 6.07) is 0.706. The number of nitrogens with zero attached hydrogens (tertiary/aromatic N) is 1. The van der Waals surface area contributed by atoms with Crippen LogP contribution in [-0.2, 0) is 4.79 Å². The average molecular weight is 295 g/mol. The molecule has 2 aliphatic rings. The molecule has 3 heteroatoms. The second kappa shape index (κ2) is 7.13. The van der Waals surface area contributed by atoms with Crippen molar-refractivity contribution in [2.45, 2.75) is 78.2 Å². The number of rotatable bonds is 4. The Kier molecular flexibility index (Phi) is 5.70. The summed E-state index contributed by atoms with van der Waals surface area (Å²) in [4.78, 5) is 14.1. The standard InChI is InChI=1S/C18H33NO2/c1-4-18(17(20)21)10-12-19(13-11-18)16-7-5-6-15(8-9-16)14(2)3/h14-16H,4-13H2,1-3H3,(H,20,21). The minimum Gasteiger partial charge on any atom is -0.481 e. The van der Waals surface area contributed by atoms with E-state index in [0.29, 0.717) is 6.04 Å². The van der Waals surface area contributed by atoms with Gasteiger partial charge in [-0.2, -0.15) is 0 Å². The molecule has 3 nitrogen and oxygen atoms in total. The Balaban J connectivity index is 1.89. The molecule has 1 aliphatic carbocycles. The first kappa shape index (κ1) is 16.8. The second-order valence-electron chi connectivity index (χ2n) is 7.64. The molecule has 1 saturated heterocycles. The first-order valence-corrected chi connectivity index (χ1v) is 8.96. The van der Waals surface area contributed by atoms with Gasteiger partial charge in [0, 0.05) is 6.04 Å². The van der Waals surface area contributed by atoms with Crippen molar-refractivity contribution < 1.29 is 9.90 Å². The average Bonchev–Trinajstić information content (AvgIpc) is 2.73. The molecule has 2 rings (SSSR count). The van der Waals surface area contributed by atoms with Gasteiger partial charge in [0.15, 0.2) is 0 Å². The molecule has 0 bridgehead atoms. The van der Waals surface area contributed by atoms with Crippen molar-refractivity contribution in [3.63, 3.8) is 0 Å². The fourth-order valence-electron chi connectivity index (χ4n) is 4.38. The summed E-state index contributed by atoms with van der Waals surface area (Å²) >= 11 is 0. The summed E-state index contributed by atoms with van der Waals surface area (Å²) in [6.07, 6.45) is 9.17. The van der Waals surface area contributed by atoms with E-state index in [1.807, 2.05) is 6.92 Å². The van der Waals surface area contributed by atoms with Crippen molar-refractivity contribution in [1.82, 2.24) is 4.90 Å². The van der Waals surface area contributed by atoms with Crippen LogP contribution in [0.5, 0.6) is 0 Å². The molecular weight excluding hydrogens is 262 g/mol. The van der Waals surface area contributed by atoms with Crippen LogP contribution in [0.25, 0.3) is 0 Å². The van der Waals surface area contributed by atoms with Gasteiger partial charge in [-0.3, -0.25) is 4.79 Å². The van der Waals surface area contributed by atoms with Gasteiger partial charge in [-0.1, -0.05) is 33.6 Å². The summed E-state index contributed by atoms with van der Waals surface area (Å²) < 4.78 is 0. The third-order valence-electron chi connectivity index (χ3n) is 6.33. The Labute approximate surface area is 130 Å². The Morgan fingerprint density at radius 3 is 2.38 bits per heavy atom. The normalized spacial score (nSPS) is 31.0. The lowest BCUT2D eigenvalue weighted by molar-refractivity contribution is -0.152. The van der Waals surface area contributed by atoms with Crippen molar-refractivity contribution in [3.05, 3.63) is 0 Å². The molecule has 2 atom stereocenters. The number of hydrogen-bond acceptors (Lipinski definition) is 2. The Morgan fingerprint density at radius 2 is 1.86 bits per heavy atom. The predicted molar refractivity (Wildman–Crippen MR) is 86.4 cm³/mol. The maximum absolute atomic E-state index is 11.5. The maximum Gasteiger partial charge on any atom is 0.309 e. The van der Waals surface area contributed by atoms with Crippen molar-refractivity contribution in [2.75, 3.05) is 13.1 Å². The van der Waals surface area contributed by atoms with Crippen LogP contribution in [0.15, 0.2) is 0 Å². The van der Waals surface area contributed by atoms with Crippen LogP contribution in [0, 0.1) is 17.3 Å². The Bertz CT molecular complexity index is 345. The Hall–Kier alpha value is -0.570. The highest BCUT2D eigenvalue weighted by Gasteiger charge is 2.41. The lowest BCUT2D eigenvalue weighted by atomic mass is 9.76. The molecule has 2 fully saturated rings. The molecule has 122 valence electrons. The van der Waals surface area contributed by atoms with E-state index < -0.39 is 11.4 Å². The second-order valence-corrected chi connectivity index (χ2v) is 7.64. The highest BCUT2D eigenvalue weighted by atomic mass is 16.4. The van der Waals surface area contributed by atoms with Gasteiger partial charge < -0.3 is 10.0 Å². The van der Waals surface area contributed by atoms with Crippen molar-refractivity contribution in [2.24, 2.45) is 17.3 Å². The van der Waals surface area contributed by atoms with E-state index in [1.165, 1.54) is 32.1 Å². The van der Waals surface area contributed by atoms with Crippen molar-refractivity contribution >= 4 is 5.97 Å². The molecule has 0 aromatic rings. The molecule has 0 amide bonds. The predicted octanol–water partition coefficient (Wildman–Crippen LogP) is 4.17. The topological polar surface area (TPSA) is 40.5 Å². The van der Waals surface area contributed by atoms with E-state index in [4.69, 9.17) is 0 Å². The van der Waals surface area contributed by atoms with Gasteiger partial charge in [0.1, 0.15) is 0 Å². The molecule has 1 saturated carbocycles. The van der Waals surface area contributed by atoms with Crippen LogP contribution in [0.3, 0.4) is 0 Å². The Morgan fingerprint density at radius 1 is 1.19 bits per heavy atom. The van der Waals surface area contributed by atoms with Crippen LogP contribution in [0.2, 0.25) is 0 Å². The number of carboxylic acid groups (broad SMARTS) is 1. The molecule has 0 aromatic heterocycles. The van der Waals surface area contributed by atoms with E-state index in [9.17, 15) is 9.90 Å². The summed E-state index contributed by atoms with van der Waals surface area (Å²) in [5.41, 5.74) is -0.443. The zero-order valence-electron chi connectivity index (χ0n) is 14.1. The molecule has 0 radical (unpaired) electrons. The summed E-state index contributed by atoms with van der Waals surface area (Å²) in [6.45, 7) is 8.71. The third-order valence-corrected chi connectivity index (χ3v) is 6.33. The van der Waals surface area contributed by atoms with Gasteiger partial charge in [0.05, 0.1) is 5.41 Å². The zero-order valence-corrected chi connectivity index (χ0v) is 14.1.